The molecule has 0 unspecified atom stereocenters. The van der Waals surface area contributed by atoms with Gasteiger partial charge in [-0.2, -0.15) is 5.26 Å². The fourth-order valence-corrected chi connectivity index (χ4v) is 1.98. The smallest absolute Gasteiger partial charge is 0.307 e. The first kappa shape index (κ1) is 13.2. The summed E-state index contributed by atoms with van der Waals surface area (Å²) in [5.74, 6) is 0.0374. The van der Waals surface area contributed by atoms with Gasteiger partial charge in [0.05, 0.1) is 25.2 Å². The highest BCUT2D eigenvalue weighted by Gasteiger charge is 2.41. The SMILES string of the molecule is COc1cc(C#N)cc(OC2(CC(=O)O)CNC2)c1. The van der Waals surface area contributed by atoms with Gasteiger partial charge in [0.2, 0.25) is 0 Å². The van der Waals surface area contributed by atoms with Crippen LogP contribution in [0.15, 0.2) is 18.2 Å². The number of hydrogen-bond donors (Lipinski definition) is 2. The Morgan fingerprint density at radius 2 is 2.16 bits per heavy atom. The quantitative estimate of drug-likeness (QED) is 0.814. The molecule has 1 heterocycles. The largest absolute Gasteiger partial charge is 0.497 e. The highest BCUT2D eigenvalue weighted by atomic mass is 16.5. The van der Waals surface area contributed by atoms with Crippen LogP contribution in [-0.4, -0.2) is 36.9 Å². The summed E-state index contributed by atoms with van der Waals surface area (Å²) in [6.07, 6.45) is -0.0842. The lowest BCUT2D eigenvalue weighted by atomic mass is 9.92. The van der Waals surface area contributed by atoms with Gasteiger partial charge in [0.25, 0.3) is 0 Å². The summed E-state index contributed by atoms with van der Waals surface area (Å²) in [5, 5.41) is 20.8. The van der Waals surface area contributed by atoms with E-state index in [9.17, 15) is 4.79 Å². The maximum absolute atomic E-state index is 10.9. The molecule has 6 nitrogen and oxygen atoms in total. The molecule has 1 fully saturated rings. The van der Waals surface area contributed by atoms with E-state index in [0.717, 1.165) is 0 Å². The second-order valence-electron chi connectivity index (χ2n) is 4.47. The van der Waals surface area contributed by atoms with Gasteiger partial charge < -0.3 is 19.9 Å². The van der Waals surface area contributed by atoms with Gasteiger partial charge in [-0.05, 0) is 12.1 Å². The molecule has 0 atom stereocenters. The van der Waals surface area contributed by atoms with Crippen LogP contribution < -0.4 is 14.8 Å². The molecule has 2 rings (SSSR count). The number of nitriles is 1. The Morgan fingerprint density at radius 1 is 1.47 bits per heavy atom. The molecule has 0 spiro atoms. The third kappa shape index (κ3) is 2.95. The molecule has 1 aliphatic rings. The molecule has 100 valence electrons. The van der Waals surface area contributed by atoms with E-state index in [4.69, 9.17) is 19.8 Å². The first-order chi connectivity index (χ1) is 9.07. The predicted octanol–water partition coefficient (Wildman–Crippen LogP) is 0.762. The number of benzene rings is 1. The van der Waals surface area contributed by atoms with Crippen molar-refractivity contribution < 1.29 is 19.4 Å². The molecule has 0 aromatic heterocycles. The number of aliphatic carboxylic acids is 1. The zero-order valence-electron chi connectivity index (χ0n) is 10.5. The molecule has 19 heavy (non-hydrogen) atoms. The lowest BCUT2D eigenvalue weighted by Gasteiger charge is -2.41. The number of nitrogens with zero attached hydrogens (tertiary/aromatic N) is 1. The summed E-state index contributed by atoms with van der Waals surface area (Å²) >= 11 is 0. The van der Waals surface area contributed by atoms with Gasteiger partial charge in [0, 0.05) is 19.2 Å². The number of carbonyl (C=O) groups is 1. The Morgan fingerprint density at radius 3 is 2.63 bits per heavy atom. The monoisotopic (exact) mass is 262 g/mol. The molecule has 1 aromatic carbocycles. The van der Waals surface area contributed by atoms with Crippen LogP contribution >= 0.6 is 0 Å². The summed E-state index contributed by atoms with van der Waals surface area (Å²) in [4.78, 5) is 10.9. The third-order valence-electron chi connectivity index (χ3n) is 2.95. The minimum Gasteiger partial charge on any atom is -0.497 e. The third-order valence-corrected chi connectivity index (χ3v) is 2.95. The van der Waals surface area contributed by atoms with Crippen LogP contribution in [0, 0.1) is 11.3 Å². The number of hydrogen-bond acceptors (Lipinski definition) is 5. The maximum atomic E-state index is 10.9. The van der Waals surface area contributed by atoms with Gasteiger partial charge in [-0.15, -0.1) is 0 Å². The van der Waals surface area contributed by atoms with Crippen LogP contribution in [0.3, 0.4) is 0 Å². The van der Waals surface area contributed by atoms with E-state index >= 15 is 0 Å². The van der Waals surface area contributed by atoms with E-state index in [1.165, 1.54) is 7.11 Å². The van der Waals surface area contributed by atoms with Crippen LogP contribution in [0.4, 0.5) is 0 Å². The van der Waals surface area contributed by atoms with E-state index < -0.39 is 11.6 Å². The average Bonchev–Trinajstić information content (AvgIpc) is 2.35. The lowest BCUT2D eigenvalue weighted by Crippen LogP contribution is -2.64. The van der Waals surface area contributed by atoms with Crippen LogP contribution in [0.2, 0.25) is 0 Å². The summed E-state index contributed by atoms with van der Waals surface area (Å²) in [7, 11) is 1.50. The zero-order valence-corrected chi connectivity index (χ0v) is 10.5. The van der Waals surface area contributed by atoms with Gasteiger partial charge in [0.15, 0.2) is 0 Å². The van der Waals surface area contributed by atoms with Crippen molar-refractivity contribution in [2.75, 3.05) is 20.2 Å². The van der Waals surface area contributed by atoms with Crippen molar-refractivity contribution in [2.45, 2.75) is 12.0 Å². The fourth-order valence-electron chi connectivity index (χ4n) is 1.98. The summed E-state index contributed by atoms with van der Waals surface area (Å²) in [6.45, 7) is 0.941. The highest BCUT2D eigenvalue weighted by Crippen LogP contribution is 2.29. The van der Waals surface area contributed by atoms with Crippen LogP contribution in [-0.2, 0) is 4.79 Å². The summed E-state index contributed by atoms with van der Waals surface area (Å²) in [6, 6.07) is 6.82. The standard InChI is InChI=1S/C13H14N2O4/c1-18-10-2-9(6-14)3-11(4-10)19-13(5-12(16)17)7-15-8-13/h2-4,15H,5,7-8H2,1H3,(H,16,17). The summed E-state index contributed by atoms with van der Waals surface area (Å²) in [5.41, 5.74) is -0.336. The Bertz CT molecular complexity index is 532. The molecule has 0 aliphatic carbocycles. The number of carboxylic acids is 1. The molecule has 0 radical (unpaired) electrons. The second kappa shape index (κ2) is 5.16. The van der Waals surface area contributed by atoms with Crippen LogP contribution in [0.25, 0.3) is 0 Å². The number of rotatable bonds is 5. The first-order valence-electron chi connectivity index (χ1n) is 5.78. The van der Waals surface area contributed by atoms with Gasteiger partial charge in [0.1, 0.15) is 17.1 Å². The van der Waals surface area contributed by atoms with Crippen molar-refractivity contribution >= 4 is 5.97 Å². The molecular weight excluding hydrogens is 248 g/mol. The minimum absolute atomic E-state index is 0.0842. The van der Waals surface area contributed by atoms with Gasteiger partial charge in [-0.3, -0.25) is 4.79 Å². The normalized spacial score (nSPS) is 16.0. The van der Waals surface area contributed by atoms with E-state index in [0.29, 0.717) is 30.2 Å². The van der Waals surface area contributed by atoms with Gasteiger partial charge in [-0.1, -0.05) is 0 Å². The van der Waals surface area contributed by atoms with Crippen molar-refractivity contribution in [3.8, 4) is 17.6 Å². The lowest BCUT2D eigenvalue weighted by molar-refractivity contribution is -0.143. The zero-order chi connectivity index (χ0) is 13.9. The Kier molecular flexibility index (Phi) is 3.58. The van der Waals surface area contributed by atoms with Crippen molar-refractivity contribution in [3.05, 3.63) is 23.8 Å². The Labute approximate surface area is 110 Å². The average molecular weight is 262 g/mol. The van der Waals surface area contributed by atoms with Crippen LogP contribution in [0.5, 0.6) is 11.5 Å². The summed E-state index contributed by atoms with van der Waals surface area (Å²) < 4.78 is 10.8. The first-order valence-corrected chi connectivity index (χ1v) is 5.78. The number of nitrogens with one attached hydrogen (secondary N) is 1. The molecule has 0 bridgehead atoms. The molecular formula is C13H14N2O4. The molecule has 1 saturated heterocycles. The number of carboxylic acid groups (broad SMARTS) is 1. The van der Waals surface area contributed by atoms with Gasteiger partial charge >= 0.3 is 5.97 Å². The van der Waals surface area contributed by atoms with Crippen molar-refractivity contribution in [1.29, 1.82) is 5.26 Å². The Balaban J connectivity index is 2.22. The minimum atomic E-state index is -0.912. The highest BCUT2D eigenvalue weighted by molar-refractivity contribution is 5.68. The molecule has 0 saturated carbocycles. The van der Waals surface area contributed by atoms with Crippen molar-refractivity contribution in [2.24, 2.45) is 0 Å². The van der Waals surface area contributed by atoms with E-state index in [1.54, 1.807) is 18.2 Å². The molecule has 1 aromatic rings. The Hall–Kier alpha value is -2.26. The number of methoxy groups -OCH3 is 1. The van der Waals surface area contributed by atoms with Crippen molar-refractivity contribution in [3.63, 3.8) is 0 Å². The van der Waals surface area contributed by atoms with Crippen molar-refractivity contribution in [1.82, 2.24) is 5.32 Å². The van der Waals surface area contributed by atoms with Crippen LogP contribution in [0.1, 0.15) is 12.0 Å². The predicted molar refractivity (Wildman–Crippen MR) is 66.2 cm³/mol. The fraction of sp³-hybridized carbons (Fsp3) is 0.385. The van der Waals surface area contributed by atoms with E-state index in [-0.39, 0.29) is 6.42 Å². The molecule has 1 aliphatic heterocycles. The van der Waals surface area contributed by atoms with E-state index in [2.05, 4.69) is 5.32 Å². The molecule has 2 N–H and O–H groups in total. The molecule has 6 heteroatoms. The van der Waals surface area contributed by atoms with E-state index in [1.807, 2.05) is 6.07 Å². The van der Waals surface area contributed by atoms with Gasteiger partial charge in [-0.25, -0.2) is 0 Å². The topological polar surface area (TPSA) is 91.6 Å². The maximum Gasteiger partial charge on any atom is 0.307 e. The molecule has 0 amide bonds. The number of ether oxygens (including phenoxy) is 2. The second-order valence-corrected chi connectivity index (χ2v) is 4.47.